The Bertz CT molecular complexity index is 1120. The number of rotatable bonds is 5. The summed E-state index contributed by atoms with van der Waals surface area (Å²) in [5.41, 5.74) is 0.835. The van der Waals surface area contributed by atoms with E-state index < -0.39 is 5.54 Å². The number of anilines is 1. The molecular weight excluding hydrogens is 406 g/mol. The summed E-state index contributed by atoms with van der Waals surface area (Å²) in [5, 5.41) is 10.7. The third-order valence-electron chi connectivity index (χ3n) is 5.34. The van der Waals surface area contributed by atoms with Crippen LogP contribution in [0.15, 0.2) is 41.7 Å². The van der Waals surface area contributed by atoms with Gasteiger partial charge in [-0.25, -0.2) is 14.6 Å². The molecule has 0 radical (unpaired) electrons. The first-order valence-electron chi connectivity index (χ1n) is 9.78. The maximum Gasteiger partial charge on any atom is 0.250 e. The Labute approximate surface area is 177 Å². The molecule has 9 nitrogen and oxygen atoms in total. The predicted octanol–water partition coefficient (Wildman–Crippen LogP) is 2.53. The summed E-state index contributed by atoms with van der Waals surface area (Å²) < 4.78 is 1.57. The number of hydrogen-bond donors (Lipinski definition) is 3. The highest BCUT2D eigenvalue weighted by Gasteiger charge is 2.39. The van der Waals surface area contributed by atoms with Gasteiger partial charge in [-0.1, -0.05) is 30.9 Å². The highest BCUT2D eigenvalue weighted by Crippen LogP contribution is 2.33. The van der Waals surface area contributed by atoms with Crippen LogP contribution in [0, 0.1) is 0 Å². The lowest BCUT2D eigenvalue weighted by Gasteiger charge is -2.36. The van der Waals surface area contributed by atoms with Gasteiger partial charge < -0.3 is 15.6 Å². The lowest BCUT2D eigenvalue weighted by atomic mass is 9.81. The van der Waals surface area contributed by atoms with Crippen molar-refractivity contribution in [2.45, 2.75) is 37.6 Å². The molecule has 30 heavy (non-hydrogen) atoms. The number of aromatic amines is 1. The maximum atomic E-state index is 12.6. The number of likely N-dealkylation sites (N-methyl/N-ethyl adjacent to an activating group) is 1. The first-order chi connectivity index (χ1) is 14.5. The van der Waals surface area contributed by atoms with Crippen molar-refractivity contribution in [3.8, 4) is 16.9 Å². The molecule has 1 amide bonds. The molecule has 0 aliphatic heterocycles. The molecular formula is C20H22ClN7O2. The number of amides is 1. The Hall–Kier alpha value is -3.20. The number of halogens is 1. The van der Waals surface area contributed by atoms with Crippen molar-refractivity contribution >= 4 is 23.5 Å². The minimum atomic E-state index is -0.729. The Morgan fingerprint density at radius 1 is 1.27 bits per heavy atom. The van der Waals surface area contributed by atoms with Gasteiger partial charge in [-0.05, 0) is 18.9 Å². The van der Waals surface area contributed by atoms with Gasteiger partial charge in [0.25, 0.3) is 0 Å². The van der Waals surface area contributed by atoms with Crippen molar-refractivity contribution < 1.29 is 4.79 Å². The van der Waals surface area contributed by atoms with E-state index in [0.717, 1.165) is 19.3 Å². The summed E-state index contributed by atoms with van der Waals surface area (Å²) in [5.74, 6) is 0.272. The Kier molecular flexibility index (Phi) is 5.54. The quantitative estimate of drug-likeness (QED) is 0.576. The van der Waals surface area contributed by atoms with Crippen LogP contribution in [0.3, 0.4) is 0 Å². The normalized spacial score (nSPS) is 15.5. The van der Waals surface area contributed by atoms with E-state index in [1.54, 1.807) is 36.4 Å². The minimum Gasteiger partial charge on any atom is -0.357 e. The predicted molar refractivity (Wildman–Crippen MR) is 114 cm³/mol. The van der Waals surface area contributed by atoms with Crippen molar-refractivity contribution in [3.63, 3.8) is 0 Å². The summed E-state index contributed by atoms with van der Waals surface area (Å²) in [6.07, 6.45) is 10.9. The van der Waals surface area contributed by atoms with Gasteiger partial charge in [0.15, 0.2) is 0 Å². The molecule has 10 heteroatoms. The summed E-state index contributed by atoms with van der Waals surface area (Å²) in [6.45, 7) is 0. The molecule has 1 aliphatic carbocycles. The van der Waals surface area contributed by atoms with Crippen LogP contribution in [0.5, 0.6) is 0 Å². The molecule has 0 aromatic carbocycles. The van der Waals surface area contributed by atoms with E-state index in [-0.39, 0.29) is 11.5 Å². The molecule has 3 aromatic rings. The second kappa shape index (κ2) is 8.27. The molecule has 0 atom stereocenters. The van der Waals surface area contributed by atoms with Crippen molar-refractivity contribution in [3.05, 3.63) is 52.3 Å². The zero-order valence-electron chi connectivity index (χ0n) is 16.5. The SMILES string of the molecule is CNC(=O)C1(Nc2ncc(Cl)c(-c3cnn(-c4cc[nH]c(=O)c4)c3)n2)CCCCC1. The molecule has 0 unspecified atom stereocenters. The molecule has 3 N–H and O–H groups in total. The largest absolute Gasteiger partial charge is 0.357 e. The van der Waals surface area contributed by atoms with E-state index in [9.17, 15) is 9.59 Å². The van der Waals surface area contributed by atoms with Gasteiger partial charge in [0.1, 0.15) is 5.54 Å². The van der Waals surface area contributed by atoms with E-state index in [2.05, 4.69) is 30.7 Å². The molecule has 156 valence electrons. The molecule has 0 spiro atoms. The minimum absolute atomic E-state index is 0.0654. The van der Waals surface area contributed by atoms with E-state index in [0.29, 0.717) is 40.8 Å². The van der Waals surface area contributed by atoms with Crippen LogP contribution in [-0.2, 0) is 4.79 Å². The lowest BCUT2D eigenvalue weighted by Crippen LogP contribution is -2.53. The highest BCUT2D eigenvalue weighted by atomic mass is 35.5. The molecule has 0 saturated heterocycles. The van der Waals surface area contributed by atoms with Crippen LogP contribution in [0.25, 0.3) is 16.9 Å². The number of carbonyl (C=O) groups excluding carboxylic acids is 1. The van der Waals surface area contributed by atoms with Crippen molar-refractivity contribution in [2.75, 3.05) is 12.4 Å². The van der Waals surface area contributed by atoms with Gasteiger partial charge in [0.05, 0.1) is 28.8 Å². The van der Waals surface area contributed by atoms with Crippen LogP contribution in [0.1, 0.15) is 32.1 Å². The van der Waals surface area contributed by atoms with Crippen LogP contribution < -0.4 is 16.2 Å². The van der Waals surface area contributed by atoms with E-state index in [1.165, 1.54) is 12.3 Å². The van der Waals surface area contributed by atoms with E-state index >= 15 is 0 Å². The average Bonchev–Trinajstić information content (AvgIpc) is 3.25. The third kappa shape index (κ3) is 3.93. The van der Waals surface area contributed by atoms with Gasteiger partial charge >= 0.3 is 0 Å². The van der Waals surface area contributed by atoms with Gasteiger partial charge in [0, 0.05) is 31.1 Å². The van der Waals surface area contributed by atoms with Gasteiger partial charge in [-0.15, -0.1) is 0 Å². The summed E-state index contributed by atoms with van der Waals surface area (Å²) in [7, 11) is 1.64. The number of nitrogens with zero attached hydrogens (tertiary/aromatic N) is 4. The molecule has 1 fully saturated rings. The molecule has 1 aliphatic rings. The zero-order valence-corrected chi connectivity index (χ0v) is 17.2. The second-order valence-electron chi connectivity index (χ2n) is 7.32. The smallest absolute Gasteiger partial charge is 0.250 e. The monoisotopic (exact) mass is 427 g/mol. The molecule has 4 rings (SSSR count). The Morgan fingerprint density at radius 3 is 2.80 bits per heavy atom. The van der Waals surface area contributed by atoms with E-state index in [4.69, 9.17) is 11.6 Å². The van der Waals surface area contributed by atoms with Crippen molar-refractivity contribution in [2.24, 2.45) is 0 Å². The molecule has 1 saturated carbocycles. The number of pyridine rings is 1. The first-order valence-corrected chi connectivity index (χ1v) is 10.2. The standard InChI is InChI=1S/C20H22ClN7O2/c1-22-18(30)20(6-3-2-4-7-20)27-19-24-11-15(21)17(26-19)13-10-25-28(12-13)14-5-8-23-16(29)9-14/h5,8-12H,2-4,6-7H2,1H3,(H,22,30)(H,23,29)(H,24,26,27). The van der Waals surface area contributed by atoms with Crippen LogP contribution in [0.2, 0.25) is 5.02 Å². The fourth-order valence-corrected chi connectivity index (χ4v) is 4.01. The maximum absolute atomic E-state index is 12.6. The van der Waals surface area contributed by atoms with Crippen molar-refractivity contribution in [1.29, 1.82) is 0 Å². The summed E-state index contributed by atoms with van der Waals surface area (Å²) >= 11 is 6.35. The van der Waals surface area contributed by atoms with Gasteiger partial charge in [0.2, 0.25) is 17.4 Å². The Morgan fingerprint density at radius 2 is 2.07 bits per heavy atom. The van der Waals surface area contributed by atoms with Crippen LogP contribution >= 0.6 is 11.6 Å². The molecule has 3 aromatic heterocycles. The second-order valence-corrected chi connectivity index (χ2v) is 7.73. The fourth-order valence-electron chi connectivity index (χ4n) is 3.81. The average molecular weight is 428 g/mol. The highest BCUT2D eigenvalue weighted by molar-refractivity contribution is 6.32. The van der Waals surface area contributed by atoms with E-state index in [1.807, 2.05) is 0 Å². The summed E-state index contributed by atoms with van der Waals surface area (Å²) in [6, 6.07) is 3.19. The molecule has 0 bridgehead atoms. The molecule has 3 heterocycles. The fraction of sp³-hybridized carbons (Fsp3) is 0.350. The van der Waals surface area contributed by atoms with Crippen LogP contribution in [-0.4, -0.2) is 43.2 Å². The third-order valence-corrected chi connectivity index (χ3v) is 5.62. The summed E-state index contributed by atoms with van der Waals surface area (Å²) in [4.78, 5) is 35.6. The number of H-pyrrole nitrogens is 1. The Balaban J connectivity index is 1.65. The van der Waals surface area contributed by atoms with Gasteiger partial charge in [-0.2, -0.15) is 5.10 Å². The number of nitrogens with one attached hydrogen (secondary N) is 3. The van der Waals surface area contributed by atoms with Crippen LogP contribution in [0.4, 0.5) is 5.95 Å². The van der Waals surface area contributed by atoms with Gasteiger partial charge in [-0.3, -0.25) is 9.59 Å². The topological polar surface area (TPSA) is 118 Å². The number of carbonyl (C=O) groups is 1. The first kappa shape index (κ1) is 20.1. The number of aromatic nitrogens is 5. The number of hydrogen-bond acceptors (Lipinski definition) is 6. The lowest BCUT2D eigenvalue weighted by molar-refractivity contribution is -0.126. The van der Waals surface area contributed by atoms with Crippen molar-refractivity contribution in [1.82, 2.24) is 30.0 Å². The zero-order chi connectivity index (χ0) is 21.1.